The van der Waals surface area contributed by atoms with E-state index < -0.39 is 6.10 Å². The van der Waals surface area contributed by atoms with Gasteiger partial charge in [0.2, 0.25) is 0 Å². The van der Waals surface area contributed by atoms with E-state index in [0.29, 0.717) is 0 Å². The standard InChI is InChI=1S/C21H30O/c1-3-5-12-17-13-9-10-16-19(17)20(11-4-2)21(22)18-14-7-6-8-15-18/h6-8,12,14-15,21-22H,3-5,9-11,13,16H2,1-2H3/b17-12+,20-19-. The van der Waals surface area contributed by atoms with E-state index in [4.69, 9.17) is 0 Å². The number of benzene rings is 1. The molecular formula is C21H30O. The smallest absolute Gasteiger partial charge is 0.101 e. The van der Waals surface area contributed by atoms with Crippen LogP contribution in [0.2, 0.25) is 0 Å². The second-order valence-corrected chi connectivity index (χ2v) is 6.29. The van der Waals surface area contributed by atoms with Gasteiger partial charge in [0, 0.05) is 0 Å². The van der Waals surface area contributed by atoms with Crippen molar-refractivity contribution < 1.29 is 5.11 Å². The predicted molar refractivity (Wildman–Crippen MR) is 94.8 cm³/mol. The number of hydrogen-bond donors (Lipinski definition) is 1. The van der Waals surface area contributed by atoms with Gasteiger partial charge in [0.1, 0.15) is 6.10 Å². The first kappa shape index (κ1) is 17.0. The van der Waals surface area contributed by atoms with Crippen molar-refractivity contribution in [3.05, 3.63) is 58.7 Å². The SMILES string of the molecule is CCC/C=C1\CCCC\C1=C(/CCC)C(O)c1ccccc1. The lowest BCUT2D eigenvalue weighted by Crippen LogP contribution is -2.09. The number of rotatable bonds is 6. The molecule has 0 aliphatic heterocycles. The molecule has 1 saturated carbocycles. The molecule has 1 nitrogen and oxygen atoms in total. The lowest BCUT2D eigenvalue weighted by atomic mass is 9.81. The average molecular weight is 298 g/mol. The van der Waals surface area contributed by atoms with Crippen molar-refractivity contribution in [3.63, 3.8) is 0 Å². The molecule has 0 saturated heterocycles. The Morgan fingerprint density at radius 1 is 1.09 bits per heavy atom. The van der Waals surface area contributed by atoms with Crippen LogP contribution in [0, 0.1) is 0 Å². The molecule has 0 heterocycles. The van der Waals surface area contributed by atoms with Crippen LogP contribution in [0.25, 0.3) is 0 Å². The molecule has 0 spiro atoms. The Labute approximate surface area is 135 Å². The highest BCUT2D eigenvalue weighted by Crippen LogP contribution is 2.38. The third-order valence-electron chi connectivity index (χ3n) is 4.54. The van der Waals surface area contributed by atoms with Crippen molar-refractivity contribution in [2.24, 2.45) is 0 Å². The maximum Gasteiger partial charge on any atom is 0.101 e. The van der Waals surface area contributed by atoms with Gasteiger partial charge >= 0.3 is 0 Å². The summed E-state index contributed by atoms with van der Waals surface area (Å²) in [6.07, 6.45) is 11.3. The first-order valence-electron chi connectivity index (χ1n) is 8.92. The molecule has 1 aliphatic rings. The van der Waals surface area contributed by atoms with Gasteiger partial charge < -0.3 is 5.11 Å². The van der Waals surface area contributed by atoms with Gasteiger partial charge in [-0.2, -0.15) is 0 Å². The van der Waals surface area contributed by atoms with Crippen molar-refractivity contribution in [2.45, 2.75) is 71.3 Å². The van der Waals surface area contributed by atoms with Gasteiger partial charge in [-0.25, -0.2) is 0 Å². The summed E-state index contributed by atoms with van der Waals surface area (Å²) in [5.74, 6) is 0. The Balaban J connectivity index is 2.37. The van der Waals surface area contributed by atoms with E-state index in [2.05, 4.69) is 19.9 Å². The van der Waals surface area contributed by atoms with Crippen LogP contribution in [0.3, 0.4) is 0 Å². The molecule has 1 heteroatoms. The van der Waals surface area contributed by atoms with E-state index in [1.807, 2.05) is 30.3 Å². The maximum absolute atomic E-state index is 10.9. The first-order valence-corrected chi connectivity index (χ1v) is 8.92. The van der Waals surface area contributed by atoms with Crippen LogP contribution in [-0.4, -0.2) is 5.11 Å². The number of aliphatic hydroxyl groups excluding tert-OH is 1. The van der Waals surface area contributed by atoms with Gasteiger partial charge in [-0.05, 0) is 60.8 Å². The summed E-state index contributed by atoms with van der Waals surface area (Å²) in [4.78, 5) is 0. The molecule has 120 valence electrons. The summed E-state index contributed by atoms with van der Waals surface area (Å²) in [5.41, 5.74) is 5.25. The molecule has 0 aromatic heterocycles. The highest BCUT2D eigenvalue weighted by molar-refractivity contribution is 5.41. The summed E-state index contributed by atoms with van der Waals surface area (Å²) in [6, 6.07) is 10.1. The first-order chi connectivity index (χ1) is 10.8. The number of hydrogen-bond acceptors (Lipinski definition) is 1. The third kappa shape index (κ3) is 4.33. The Kier molecular flexibility index (Phi) is 6.92. The second kappa shape index (κ2) is 8.95. The predicted octanol–water partition coefficient (Wildman–Crippen LogP) is 6.12. The molecule has 22 heavy (non-hydrogen) atoms. The highest BCUT2D eigenvalue weighted by Gasteiger charge is 2.21. The molecule has 1 fully saturated rings. The van der Waals surface area contributed by atoms with Gasteiger partial charge in [-0.3, -0.25) is 0 Å². The van der Waals surface area contributed by atoms with Crippen LogP contribution in [0.15, 0.2) is 53.1 Å². The fraction of sp³-hybridized carbons (Fsp3) is 0.524. The molecule has 0 amide bonds. The molecule has 1 aliphatic carbocycles. The number of aliphatic hydroxyl groups is 1. The van der Waals surface area contributed by atoms with Crippen molar-refractivity contribution in [1.29, 1.82) is 0 Å². The van der Waals surface area contributed by atoms with Crippen LogP contribution < -0.4 is 0 Å². The largest absolute Gasteiger partial charge is 0.384 e. The molecule has 1 aromatic carbocycles. The summed E-state index contributed by atoms with van der Waals surface area (Å²) < 4.78 is 0. The van der Waals surface area contributed by atoms with Gasteiger partial charge in [0.25, 0.3) is 0 Å². The van der Waals surface area contributed by atoms with Gasteiger partial charge in [0.05, 0.1) is 0 Å². The van der Waals surface area contributed by atoms with Crippen molar-refractivity contribution in [2.75, 3.05) is 0 Å². The zero-order valence-electron chi connectivity index (χ0n) is 14.1. The monoisotopic (exact) mass is 298 g/mol. The van der Waals surface area contributed by atoms with E-state index in [1.54, 1.807) is 0 Å². The van der Waals surface area contributed by atoms with Crippen LogP contribution in [0.1, 0.15) is 76.9 Å². The van der Waals surface area contributed by atoms with E-state index in [-0.39, 0.29) is 0 Å². The zero-order chi connectivity index (χ0) is 15.8. The summed E-state index contributed by atoms with van der Waals surface area (Å²) in [7, 11) is 0. The van der Waals surface area contributed by atoms with Crippen LogP contribution in [0.4, 0.5) is 0 Å². The fourth-order valence-corrected chi connectivity index (χ4v) is 3.40. The molecule has 1 N–H and O–H groups in total. The quantitative estimate of drug-likeness (QED) is 0.671. The van der Waals surface area contributed by atoms with Crippen LogP contribution in [-0.2, 0) is 0 Å². The average Bonchev–Trinajstić information content (AvgIpc) is 2.58. The molecule has 1 aromatic rings. The van der Waals surface area contributed by atoms with E-state index in [0.717, 1.165) is 31.2 Å². The zero-order valence-corrected chi connectivity index (χ0v) is 14.1. The third-order valence-corrected chi connectivity index (χ3v) is 4.54. The minimum absolute atomic E-state index is 0.445. The lowest BCUT2D eigenvalue weighted by Gasteiger charge is -2.26. The van der Waals surface area contributed by atoms with Crippen molar-refractivity contribution in [1.82, 2.24) is 0 Å². The Bertz CT molecular complexity index is 510. The summed E-state index contributed by atoms with van der Waals surface area (Å²) >= 11 is 0. The summed E-state index contributed by atoms with van der Waals surface area (Å²) in [5, 5.41) is 10.9. The lowest BCUT2D eigenvalue weighted by molar-refractivity contribution is 0.209. The van der Waals surface area contributed by atoms with Gasteiger partial charge in [-0.1, -0.05) is 63.1 Å². The minimum atomic E-state index is -0.445. The molecule has 1 unspecified atom stereocenters. The molecule has 0 radical (unpaired) electrons. The second-order valence-electron chi connectivity index (χ2n) is 6.29. The normalized spacial score (nSPS) is 21.0. The van der Waals surface area contributed by atoms with E-state index >= 15 is 0 Å². The van der Waals surface area contributed by atoms with Crippen LogP contribution >= 0.6 is 0 Å². The molecular weight excluding hydrogens is 268 g/mol. The van der Waals surface area contributed by atoms with Crippen molar-refractivity contribution >= 4 is 0 Å². The van der Waals surface area contributed by atoms with E-state index in [1.165, 1.54) is 42.4 Å². The molecule has 0 bridgehead atoms. The topological polar surface area (TPSA) is 20.2 Å². The molecule has 2 rings (SSSR count). The van der Waals surface area contributed by atoms with Gasteiger partial charge in [-0.15, -0.1) is 0 Å². The van der Waals surface area contributed by atoms with E-state index in [9.17, 15) is 5.11 Å². The Morgan fingerprint density at radius 3 is 2.50 bits per heavy atom. The van der Waals surface area contributed by atoms with Crippen molar-refractivity contribution in [3.8, 4) is 0 Å². The minimum Gasteiger partial charge on any atom is -0.384 e. The fourth-order valence-electron chi connectivity index (χ4n) is 3.40. The van der Waals surface area contributed by atoms with Crippen LogP contribution in [0.5, 0.6) is 0 Å². The van der Waals surface area contributed by atoms with Gasteiger partial charge in [0.15, 0.2) is 0 Å². The highest BCUT2D eigenvalue weighted by atomic mass is 16.3. The maximum atomic E-state index is 10.9. The Hall–Kier alpha value is -1.34. The Morgan fingerprint density at radius 2 is 1.82 bits per heavy atom. The molecule has 1 atom stereocenters. The number of unbranched alkanes of at least 4 members (excludes halogenated alkanes) is 1. The number of allylic oxidation sites excluding steroid dienone is 3. The summed E-state index contributed by atoms with van der Waals surface area (Å²) in [6.45, 7) is 4.44.